The van der Waals surface area contributed by atoms with Gasteiger partial charge in [0.15, 0.2) is 5.84 Å². The summed E-state index contributed by atoms with van der Waals surface area (Å²) in [6.45, 7) is 3.79. The number of terminal acetylenes is 1. The van der Waals surface area contributed by atoms with E-state index in [2.05, 4.69) is 26.5 Å². The minimum atomic E-state index is -0.955. The Bertz CT molecular complexity index is 1170. The van der Waals surface area contributed by atoms with Gasteiger partial charge in [0, 0.05) is 24.6 Å². The van der Waals surface area contributed by atoms with Crippen LogP contribution in [0.1, 0.15) is 17.0 Å². The van der Waals surface area contributed by atoms with Crippen molar-refractivity contribution in [2.75, 3.05) is 24.2 Å². The van der Waals surface area contributed by atoms with Crippen LogP contribution in [0.4, 0.5) is 11.4 Å². The van der Waals surface area contributed by atoms with E-state index in [1.807, 2.05) is 44.2 Å². The van der Waals surface area contributed by atoms with Gasteiger partial charge >= 0.3 is 5.97 Å². The molecular formula is C24H25N5O3. The van der Waals surface area contributed by atoms with E-state index in [0.717, 1.165) is 22.6 Å². The first-order valence-electron chi connectivity index (χ1n) is 9.96. The Morgan fingerprint density at radius 3 is 2.72 bits per heavy atom. The van der Waals surface area contributed by atoms with Gasteiger partial charge in [-0.2, -0.15) is 0 Å². The summed E-state index contributed by atoms with van der Waals surface area (Å²) in [4.78, 5) is 20.0. The van der Waals surface area contributed by atoms with Gasteiger partial charge in [0.05, 0.1) is 11.9 Å². The summed E-state index contributed by atoms with van der Waals surface area (Å²) in [7, 11) is 1.76. The molecule has 0 aliphatic rings. The zero-order valence-electron chi connectivity index (χ0n) is 18.2. The molecule has 0 radical (unpaired) electrons. The number of carboxylic acids is 1. The van der Waals surface area contributed by atoms with Gasteiger partial charge in [-0.25, -0.2) is 0 Å². The molecule has 0 amide bonds. The smallest absolute Gasteiger partial charge is 0.323 e. The highest BCUT2D eigenvalue weighted by Gasteiger charge is 2.17. The molecule has 0 saturated heterocycles. The summed E-state index contributed by atoms with van der Waals surface area (Å²) < 4.78 is 7.54. The number of aryl methyl sites for hydroxylation is 2. The molecule has 3 rings (SSSR count). The fraction of sp³-hybridized carbons (Fsp3) is 0.208. The van der Waals surface area contributed by atoms with Crippen LogP contribution in [-0.2, 0) is 11.3 Å². The molecule has 2 heterocycles. The molecule has 8 heteroatoms. The first-order valence-corrected chi connectivity index (χ1v) is 9.96. The van der Waals surface area contributed by atoms with Crippen molar-refractivity contribution in [1.29, 1.82) is 0 Å². The molecule has 0 bridgehead atoms. The third kappa shape index (κ3) is 5.46. The third-order valence-corrected chi connectivity index (χ3v) is 4.64. The van der Waals surface area contributed by atoms with Gasteiger partial charge in [0.2, 0.25) is 0 Å². The van der Waals surface area contributed by atoms with Crippen molar-refractivity contribution < 1.29 is 14.6 Å². The number of benzene rings is 1. The fourth-order valence-corrected chi connectivity index (χ4v) is 3.13. The van der Waals surface area contributed by atoms with E-state index in [1.54, 1.807) is 30.1 Å². The second kappa shape index (κ2) is 10.2. The van der Waals surface area contributed by atoms with Crippen molar-refractivity contribution in [2.24, 2.45) is 4.99 Å². The van der Waals surface area contributed by atoms with Gasteiger partial charge in [-0.3, -0.25) is 14.8 Å². The first-order chi connectivity index (χ1) is 15.4. The van der Waals surface area contributed by atoms with Crippen molar-refractivity contribution in [3.8, 4) is 23.8 Å². The maximum atomic E-state index is 11.3. The Morgan fingerprint density at radius 1 is 1.28 bits per heavy atom. The molecule has 0 unspecified atom stereocenters. The molecule has 32 heavy (non-hydrogen) atoms. The SMILES string of the molecule is C#CCN=C(Nc1ccc(Oc2ccc(C)nc2)c(C)c1)c1c(NC)ccn1CC(=O)O. The molecule has 0 saturated carbocycles. The van der Waals surface area contributed by atoms with Crippen molar-refractivity contribution in [2.45, 2.75) is 20.4 Å². The largest absolute Gasteiger partial charge is 0.480 e. The van der Waals surface area contributed by atoms with Crippen LogP contribution in [-0.4, -0.2) is 40.1 Å². The van der Waals surface area contributed by atoms with E-state index < -0.39 is 5.97 Å². The Hall–Kier alpha value is -4.25. The van der Waals surface area contributed by atoms with Crippen molar-refractivity contribution in [3.05, 3.63) is 65.7 Å². The average molecular weight is 431 g/mol. The van der Waals surface area contributed by atoms with Crippen molar-refractivity contribution in [3.63, 3.8) is 0 Å². The van der Waals surface area contributed by atoms with Crippen LogP contribution in [0.15, 0.2) is 53.8 Å². The minimum Gasteiger partial charge on any atom is -0.480 e. The van der Waals surface area contributed by atoms with Crippen LogP contribution in [0.3, 0.4) is 0 Å². The molecule has 8 nitrogen and oxygen atoms in total. The lowest BCUT2D eigenvalue weighted by atomic mass is 10.2. The van der Waals surface area contributed by atoms with Crippen LogP contribution < -0.4 is 15.4 Å². The molecule has 0 atom stereocenters. The molecule has 0 spiro atoms. The highest BCUT2D eigenvalue weighted by molar-refractivity contribution is 6.11. The molecule has 0 aliphatic heterocycles. The number of hydrogen-bond acceptors (Lipinski definition) is 5. The summed E-state index contributed by atoms with van der Waals surface area (Å²) in [6, 6.07) is 11.2. The maximum absolute atomic E-state index is 11.3. The number of hydrogen-bond donors (Lipinski definition) is 3. The number of aliphatic imine (C=N–C) groups is 1. The van der Waals surface area contributed by atoms with Crippen LogP contribution in [0.25, 0.3) is 0 Å². The van der Waals surface area contributed by atoms with Gasteiger partial charge < -0.3 is 25.0 Å². The van der Waals surface area contributed by atoms with Crippen LogP contribution in [0, 0.1) is 26.2 Å². The van der Waals surface area contributed by atoms with E-state index in [0.29, 0.717) is 23.0 Å². The number of amidine groups is 1. The van der Waals surface area contributed by atoms with Gasteiger partial charge in [0.1, 0.15) is 30.3 Å². The Morgan fingerprint density at radius 2 is 2.09 bits per heavy atom. The van der Waals surface area contributed by atoms with E-state index in [9.17, 15) is 9.90 Å². The number of aromatic nitrogens is 2. The number of carbonyl (C=O) groups is 1. The Labute approximate surface area is 187 Å². The average Bonchev–Trinajstić information content (AvgIpc) is 3.16. The molecule has 2 aromatic heterocycles. The number of carboxylic acid groups (broad SMARTS) is 1. The summed E-state index contributed by atoms with van der Waals surface area (Å²) in [5.74, 6) is 3.36. The number of aliphatic carboxylic acids is 1. The Kier molecular flexibility index (Phi) is 7.13. The van der Waals surface area contributed by atoms with E-state index in [-0.39, 0.29) is 13.1 Å². The molecule has 1 aromatic carbocycles. The fourth-order valence-electron chi connectivity index (χ4n) is 3.13. The zero-order valence-corrected chi connectivity index (χ0v) is 18.2. The second-order valence-electron chi connectivity index (χ2n) is 7.06. The van der Waals surface area contributed by atoms with Crippen LogP contribution in [0.5, 0.6) is 11.5 Å². The lowest BCUT2D eigenvalue weighted by Gasteiger charge is -2.16. The van der Waals surface area contributed by atoms with E-state index >= 15 is 0 Å². The summed E-state index contributed by atoms with van der Waals surface area (Å²) in [5.41, 5.74) is 3.92. The third-order valence-electron chi connectivity index (χ3n) is 4.64. The van der Waals surface area contributed by atoms with Crippen LogP contribution >= 0.6 is 0 Å². The van der Waals surface area contributed by atoms with E-state index in [4.69, 9.17) is 11.2 Å². The minimum absolute atomic E-state index is 0.143. The zero-order chi connectivity index (χ0) is 23.1. The second-order valence-corrected chi connectivity index (χ2v) is 7.06. The van der Waals surface area contributed by atoms with Gasteiger partial charge in [0.25, 0.3) is 0 Å². The van der Waals surface area contributed by atoms with Gasteiger partial charge in [-0.05, 0) is 55.8 Å². The summed E-state index contributed by atoms with van der Waals surface area (Å²) in [6.07, 6.45) is 8.79. The number of ether oxygens (including phenoxy) is 1. The molecule has 0 aliphatic carbocycles. The van der Waals surface area contributed by atoms with Crippen molar-refractivity contribution >= 4 is 23.2 Å². The topological polar surface area (TPSA) is 101 Å². The molecule has 0 fully saturated rings. The van der Waals surface area contributed by atoms with Crippen molar-refractivity contribution in [1.82, 2.24) is 9.55 Å². The first kappa shape index (κ1) is 22.4. The van der Waals surface area contributed by atoms with E-state index in [1.165, 1.54) is 0 Å². The molecule has 164 valence electrons. The standard InChI is InChI=1S/C24H25N5O3/c1-5-11-26-24(23-20(25-4)10-12-29(23)15-22(30)31)28-18-7-9-21(16(2)13-18)32-19-8-6-17(3)27-14-19/h1,6-10,12-14,25H,11,15H2,2-4H3,(H,26,28)(H,30,31). The lowest BCUT2D eigenvalue weighted by molar-refractivity contribution is -0.137. The van der Waals surface area contributed by atoms with Gasteiger partial charge in [-0.1, -0.05) is 5.92 Å². The highest BCUT2D eigenvalue weighted by atomic mass is 16.5. The number of nitrogens with one attached hydrogen (secondary N) is 2. The lowest BCUT2D eigenvalue weighted by Crippen LogP contribution is -2.22. The molecule has 3 N–H and O–H groups in total. The predicted molar refractivity (Wildman–Crippen MR) is 126 cm³/mol. The summed E-state index contributed by atoms with van der Waals surface area (Å²) in [5, 5.41) is 15.6. The molecular weight excluding hydrogens is 406 g/mol. The number of pyridine rings is 1. The van der Waals surface area contributed by atoms with Gasteiger partial charge in [-0.15, -0.1) is 6.42 Å². The highest BCUT2D eigenvalue weighted by Crippen LogP contribution is 2.28. The Balaban J connectivity index is 1.89. The number of rotatable bonds is 8. The normalized spacial score (nSPS) is 11.0. The predicted octanol–water partition coefficient (Wildman–Crippen LogP) is 3.91. The number of anilines is 2. The monoisotopic (exact) mass is 431 g/mol. The van der Waals surface area contributed by atoms with Crippen LogP contribution in [0.2, 0.25) is 0 Å². The maximum Gasteiger partial charge on any atom is 0.323 e. The number of nitrogens with zero attached hydrogens (tertiary/aromatic N) is 3. The molecule has 3 aromatic rings. The quantitative estimate of drug-likeness (QED) is 0.284. The summed E-state index contributed by atoms with van der Waals surface area (Å²) >= 11 is 0.